The molecule has 6 heteroatoms. The van der Waals surface area contributed by atoms with E-state index < -0.39 is 0 Å². The van der Waals surface area contributed by atoms with Crippen molar-refractivity contribution < 1.29 is 14.1 Å². The fraction of sp³-hybridized carbons (Fsp3) is 0.294. The first-order chi connectivity index (χ1) is 11.2. The van der Waals surface area contributed by atoms with E-state index in [1.165, 1.54) is 17.4 Å². The van der Waals surface area contributed by atoms with Crippen molar-refractivity contribution in [3.8, 4) is 6.07 Å². The molecular weight excluding hydrogens is 313 g/mol. The maximum absolute atomic E-state index is 13.8. The van der Waals surface area contributed by atoms with E-state index in [-0.39, 0.29) is 18.3 Å². The molecule has 4 nitrogen and oxygen atoms in total. The number of rotatable bonds is 6. The normalized spacial score (nSPS) is 15.0. The number of amides is 1. The molecule has 1 unspecified atom stereocenters. The number of halogens is 1. The van der Waals surface area contributed by atoms with E-state index in [1.54, 1.807) is 23.6 Å². The molecule has 0 aliphatic heterocycles. The van der Waals surface area contributed by atoms with Crippen LogP contribution in [0.25, 0.3) is 0 Å². The average molecular weight is 330 g/mol. The van der Waals surface area contributed by atoms with Crippen LogP contribution in [0.5, 0.6) is 0 Å². The third kappa shape index (κ3) is 3.95. The van der Waals surface area contributed by atoms with Crippen molar-refractivity contribution in [2.45, 2.75) is 25.4 Å². The number of benzene rings is 1. The van der Waals surface area contributed by atoms with Gasteiger partial charge in [0.25, 0.3) is 5.91 Å². The van der Waals surface area contributed by atoms with Crippen LogP contribution in [-0.2, 0) is 11.3 Å². The van der Waals surface area contributed by atoms with Gasteiger partial charge in [0.1, 0.15) is 23.4 Å². The van der Waals surface area contributed by atoms with Crippen LogP contribution >= 0.6 is 11.3 Å². The minimum Gasteiger partial charge on any atom is -0.321 e. The minimum atomic E-state index is -0.226. The van der Waals surface area contributed by atoms with Crippen LogP contribution in [0, 0.1) is 17.1 Å². The highest BCUT2D eigenvalue weighted by Crippen LogP contribution is 2.22. The average Bonchev–Trinajstić information content (AvgIpc) is 3.29. The van der Waals surface area contributed by atoms with Crippen LogP contribution in [0.2, 0.25) is 0 Å². The first-order valence-corrected chi connectivity index (χ1v) is 8.40. The molecule has 1 aromatic heterocycles. The fourth-order valence-electron chi connectivity index (χ4n) is 2.60. The lowest BCUT2D eigenvalue weighted by molar-refractivity contribution is -0.917. The summed E-state index contributed by atoms with van der Waals surface area (Å²) in [4.78, 5) is 13.3. The van der Waals surface area contributed by atoms with Gasteiger partial charge in [-0.15, -0.1) is 11.3 Å². The molecule has 2 aromatic rings. The summed E-state index contributed by atoms with van der Waals surface area (Å²) in [5.74, 6) is -0.363. The van der Waals surface area contributed by atoms with Gasteiger partial charge in [-0.3, -0.25) is 4.79 Å². The predicted octanol–water partition coefficient (Wildman–Crippen LogP) is 1.94. The molecule has 2 N–H and O–H groups in total. The van der Waals surface area contributed by atoms with Crippen molar-refractivity contribution in [3.63, 3.8) is 0 Å². The van der Waals surface area contributed by atoms with Crippen LogP contribution in [0.4, 0.5) is 9.39 Å². The van der Waals surface area contributed by atoms with Gasteiger partial charge >= 0.3 is 0 Å². The summed E-state index contributed by atoms with van der Waals surface area (Å²) in [6, 6.07) is 10.9. The third-order valence-electron chi connectivity index (χ3n) is 3.96. The zero-order valence-electron chi connectivity index (χ0n) is 12.5. The molecule has 118 valence electrons. The van der Waals surface area contributed by atoms with Crippen LogP contribution in [0.15, 0.2) is 35.7 Å². The minimum absolute atomic E-state index is 0.137. The summed E-state index contributed by atoms with van der Waals surface area (Å²) in [5, 5.41) is 14.1. The fourth-order valence-corrected chi connectivity index (χ4v) is 3.35. The molecule has 1 aliphatic carbocycles. The Bertz CT molecular complexity index is 748. The largest absolute Gasteiger partial charge is 0.321 e. The lowest BCUT2D eigenvalue weighted by atomic mass is 10.2. The van der Waals surface area contributed by atoms with Gasteiger partial charge in [0.2, 0.25) is 0 Å². The van der Waals surface area contributed by atoms with Crippen molar-refractivity contribution in [1.82, 2.24) is 0 Å². The van der Waals surface area contributed by atoms with Gasteiger partial charge in [-0.05, 0) is 17.5 Å². The highest BCUT2D eigenvalue weighted by Gasteiger charge is 2.35. The summed E-state index contributed by atoms with van der Waals surface area (Å²) >= 11 is 1.34. The Morgan fingerprint density at radius 3 is 2.87 bits per heavy atom. The number of nitrogens with one attached hydrogen (secondary N) is 2. The SMILES string of the molecule is N#Cc1ccsc1NC(=O)C[NH+](Cc1ccccc1F)C1CC1. The Morgan fingerprint density at radius 1 is 1.39 bits per heavy atom. The molecule has 1 amide bonds. The number of anilines is 1. The molecular formula is C17H17FN3OS+. The van der Waals surface area contributed by atoms with Gasteiger partial charge in [0.05, 0.1) is 11.6 Å². The van der Waals surface area contributed by atoms with Crippen LogP contribution < -0.4 is 10.2 Å². The molecule has 1 atom stereocenters. The van der Waals surface area contributed by atoms with Crippen molar-refractivity contribution in [2.24, 2.45) is 0 Å². The highest BCUT2D eigenvalue weighted by molar-refractivity contribution is 7.14. The molecule has 0 saturated heterocycles. The lowest BCUT2D eigenvalue weighted by Gasteiger charge is -2.19. The van der Waals surface area contributed by atoms with E-state index in [4.69, 9.17) is 5.26 Å². The van der Waals surface area contributed by atoms with Crippen molar-refractivity contribution in [3.05, 3.63) is 52.7 Å². The van der Waals surface area contributed by atoms with Gasteiger partial charge in [0, 0.05) is 18.4 Å². The molecule has 23 heavy (non-hydrogen) atoms. The number of hydrogen-bond acceptors (Lipinski definition) is 3. The van der Waals surface area contributed by atoms with E-state index in [1.807, 2.05) is 6.07 Å². The Morgan fingerprint density at radius 2 is 2.17 bits per heavy atom. The molecule has 1 saturated carbocycles. The summed E-state index contributed by atoms with van der Waals surface area (Å²) in [7, 11) is 0. The second-order valence-electron chi connectivity index (χ2n) is 5.70. The molecule has 1 aromatic carbocycles. The van der Waals surface area contributed by atoms with Gasteiger partial charge in [-0.1, -0.05) is 18.2 Å². The monoisotopic (exact) mass is 330 g/mol. The number of quaternary nitrogens is 1. The number of nitrogens with zero attached hydrogens (tertiary/aromatic N) is 1. The zero-order chi connectivity index (χ0) is 16.2. The summed E-state index contributed by atoms with van der Waals surface area (Å²) in [6.07, 6.45) is 2.14. The summed E-state index contributed by atoms with van der Waals surface area (Å²) in [6.45, 7) is 0.780. The van der Waals surface area contributed by atoms with E-state index in [2.05, 4.69) is 11.4 Å². The molecule has 3 rings (SSSR count). The first-order valence-electron chi connectivity index (χ1n) is 7.53. The predicted molar refractivity (Wildman–Crippen MR) is 86.6 cm³/mol. The van der Waals surface area contributed by atoms with Gasteiger partial charge in [-0.25, -0.2) is 4.39 Å². The number of carbonyl (C=O) groups is 1. The smallest absolute Gasteiger partial charge is 0.280 e. The number of carbonyl (C=O) groups excluding carboxylic acids is 1. The second kappa shape index (κ2) is 6.90. The van der Waals surface area contributed by atoms with Gasteiger partial charge < -0.3 is 10.2 Å². The van der Waals surface area contributed by atoms with E-state index >= 15 is 0 Å². The quantitative estimate of drug-likeness (QED) is 0.850. The number of nitriles is 1. The van der Waals surface area contributed by atoms with Gasteiger partial charge in [0.15, 0.2) is 6.54 Å². The van der Waals surface area contributed by atoms with Crippen LogP contribution in [-0.4, -0.2) is 18.5 Å². The van der Waals surface area contributed by atoms with E-state index in [0.717, 1.165) is 17.7 Å². The van der Waals surface area contributed by atoms with Crippen LogP contribution in [0.3, 0.4) is 0 Å². The first kappa shape index (κ1) is 15.7. The summed E-state index contributed by atoms with van der Waals surface area (Å²) in [5.41, 5.74) is 1.11. The Kier molecular flexibility index (Phi) is 4.70. The molecule has 1 heterocycles. The maximum Gasteiger partial charge on any atom is 0.280 e. The van der Waals surface area contributed by atoms with Crippen molar-refractivity contribution >= 4 is 22.2 Å². The Balaban J connectivity index is 1.65. The molecule has 0 bridgehead atoms. The topological polar surface area (TPSA) is 57.3 Å². The third-order valence-corrected chi connectivity index (χ3v) is 4.79. The molecule has 1 aliphatic rings. The second-order valence-corrected chi connectivity index (χ2v) is 6.62. The maximum atomic E-state index is 13.8. The standard InChI is InChI=1S/C17H16FN3OS/c18-15-4-2-1-3-13(15)10-21(14-5-6-14)11-16(22)20-17-12(9-19)7-8-23-17/h1-4,7-8,14H,5-6,10-11H2,(H,20,22)/p+1. The van der Waals surface area contributed by atoms with E-state index in [0.29, 0.717) is 28.7 Å². The molecule has 1 fully saturated rings. The number of hydrogen-bond donors (Lipinski definition) is 2. The molecule has 0 radical (unpaired) electrons. The summed E-state index contributed by atoms with van der Waals surface area (Å²) < 4.78 is 13.8. The van der Waals surface area contributed by atoms with E-state index in [9.17, 15) is 9.18 Å². The Labute approximate surface area is 138 Å². The van der Waals surface area contributed by atoms with Crippen LogP contribution in [0.1, 0.15) is 24.0 Å². The Hall–Kier alpha value is -2.23. The highest BCUT2D eigenvalue weighted by atomic mass is 32.1. The van der Waals surface area contributed by atoms with Gasteiger partial charge in [-0.2, -0.15) is 5.26 Å². The number of thiophene rings is 1. The lowest BCUT2D eigenvalue weighted by Crippen LogP contribution is -3.13. The molecule has 0 spiro atoms. The van der Waals surface area contributed by atoms with Crippen molar-refractivity contribution in [1.29, 1.82) is 5.26 Å². The zero-order valence-corrected chi connectivity index (χ0v) is 13.3. The van der Waals surface area contributed by atoms with Crippen molar-refractivity contribution in [2.75, 3.05) is 11.9 Å².